The van der Waals surface area contributed by atoms with E-state index in [9.17, 15) is 0 Å². The molecule has 0 heterocycles. The highest BCUT2D eigenvalue weighted by Crippen LogP contribution is 2.28. The molecule has 1 rings (SSSR count). The summed E-state index contributed by atoms with van der Waals surface area (Å²) in [4.78, 5) is 0. The maximum Gasteiger partial charge on any atom is 0.143 e. The molecule has 0 aliphatic heterocycles. The molecule has 0 bridgehead atoms. The topological polar surface area (TPSA) is 68.8 Å². The fraction of sp³-hybridized carbons (Fsp3) is 0.429. The van der Waals surface area contributed by atoms with Crippen molar-refractivity contribution in [2.24, 2.45) is 5.41 Å². The minimum atomic E-state index is -0.373. The molecule has 0 spiro atoms. The molecule has 1 N–H and O–H groups in total. The van der Waals surface area contributed by atoms with E-state index in [1.54, 1.807) is 25.3 Å². The zero-order chi connectivity index (χ0) is 13.6. The lowest BCUT2D eigenvalue weighted by molar-refractivity contribution is 0.415. The standard InChI is InChI=1S/C14H17N3O/c1-14(2,10-16)7-8-17-13-11(9-15)5-4-6-12(13)18-3/h4-6,17H,7-8H2,1-3H3. The fourth-order valence-electron chi connectivity index (χ4n) is 1.53. The van der Waals surface area contributed by atoms with Crippen LogP contribution < -0.4 is 10.1 Å². The predicted octanol–water partition coefficient (Wildman–Crippen LogP) is 2.92. The number of anilines is 1. The van der Waals surface area contributed by atoms with Gasteiger partial charge in [0.15, 0.2) is 0 Å². The van der Waals surface area contributed by atoms with Gasteiger partial charge in [0.05, 0.1) is 29.8 Å². The van der Waals surface area contributed by atoms with E-state index in [1.807, 2.05) is 13.8 Å². The van der Waals surface area contributed by atoms with Crippen molar-refractivity contribution in [2.45, 2.75) is 20.3 Å². The second-order valence-electron chi connectivity index (χ2n) is 4.67. The van der Waals surface area contributed by atoms with Crippen LogP contribution in [0.2, 0.25) is 0 Å². The molecule has 0 radical (unpaired) electrons. The molecule has 94 valence electrons. The van der Waals surface area contributed by atoms with Crippen molar-refractivity contribution in [1.82, 2.24) is 0 Å². The first-order valence-electron chi connectivity index (χ1n) is 5.76. The highest BCUT2D eigenvalue weighted by molar-refractivity contribution is 5.66. The van der Waals surface area contributed by atoms with Gasteiger partial charge in [-0.1, -0.05) is 6.07 Å². The van der Waals surface area contributed by atoms with Crippen molar-refractivity contribution in [3.8, 4) is 17.9 Å². The van der Waals surface area contributed by atoms with Gasteiger partial charge in [-0.2, -0.15) is 10.5 Å². The van der Waals surface area contributed by atoms with Gasteiger partial charge in [-0.05, 0) is 32.4 Å². The number of nitrogens with one attached hydrogen (secondary N) is 1. The van der Waals surface area contributed by atoms with Crippen LogP contribution in [0, 0.1) is 28.1 Å². The van der Waals surface area contributed by atoms with Crippen molar-refractivity contribution in [1.29, 1.82) is 10.5 Å². The summed E-state index contributed by atoms with van der Waals surface area (Å²) in [5.74, 6) is 0.642. The third-order valence-corrected chi connectivity index (χ3v) is 2.72. The Balaban J connectivity index is 2.79. The van der Waals surface area contributed by atoms with E-state index in [0.29, 0.717) is 30.0 Å². The lowest BCUT2D eigenvalue weighted by Gasteiger charge is -2.17. The van der Waals surface area contributed by atoms with E-state index in [-0.39, 0.29) is 5.41 Å². The van der Waals surface area contributed by atoms with Crippen LogP contribution >= 0.6 is 0 Å². The van der Waals surface area contributed by atoms with Gasteiger partial charge in [-0.25, -0.2) is 0 Å². The molecule has 18 heavy (non-hydrogen) atoms. The number of rotatable bonds is 5. The molecule has 1 aromatic carbocycles. The molecule has 0 amide bonds. The van der Waals surface area contributed by atoms with Crippen LogP contribution in [0.5, 0.6) is 5.75 Å². The van der Waals surface area contributed by atoms with E-state index in [4.69, 9.17) is 15.3 Å². The molecular weight excluding hydrogens is 226 g/mol. The summed E-state index contributed by atoms with van der Waals surface area (Å²) in [6, 6.07) is 9.69. The smallest absolute Gasteiger partial charge is 0.143 e. The zero-order valence-corrected chi connectivity index (χ0v) is 10.9. The van der Waals surface area contributed by atoms with Gasteiger partial charge in [0.25, 0.3) is 0 Å². The Hall–Kier alpha value is -2.20. The van der Waals surface area contributed by atoms with E-state index in [1.165, 1.54) is 0 Å². The molecule has 1 aromatic rings. The monoisotopic (exact) mass is 243 g/mol. The van der Waals surface area contributed by atoms with Gasteiger partial charge in [-0.15, -0.1) is 0 Å². The molecule has 0 saturated heterocycles. The summed E-state index contributed by atoms with van der Waals surface area (Å²) < 4.78 is 5.22. The molecule has 0 aliphatic rings. The van der Waals surface area contributed by atoms with E-state index in [2.05, 4.69) is 17.5 Å². The summed E-state index contributed by atoms with van der Waals surface area (Å²) in [5, 5.41) is 21.2. The number of para-hydroxylation sites is 1. The molecule has 0 atom stereocenters. The van der Waals surface area contributed by atoms with Crippen LogP contribution in [0.25, 0.3) is 0 Å². The Kier molecular flexibility index (Phi) is 4.57. The average Bonchev–Trinajstić information content (AvgIpc) is 2.38. The second-order valence-corrected chi connectivity index (χ2v) is 4.67. The lowest BCUT2D eigenvalue weighted by atomic mass is 9.91. The Labute approximate surface area is 108 Å². The molecule has 0 aliphatic carbocycles. The summed E-state index contributed by atoms with van der Waals surface area (Å²) in [7, 11) is 1.57. The van der Waals surface area contributed by atoms with Gasteiger partial charge in [0.1, 0.15) is 11.8 Å². The molecule has 0 unspecified atom stereocenters. The Morgan fingerprint density at radius 1 is 1.33 bits per heavy atom. The minimum Gasteiger partial charge on any atom is -0.495 e. The van der Waals surface area contributed by atoms with E-state index in [0.717, 1.165) is 0 Å². The summed E-state index contributed by atoms with van der Waals surface area (Å²) in [5.41, 5.74) is 0.863. The number of hydrogen-bond acceptors (Lipinski definition) is 4. The van der Waals surface area contributed by atoms with Crippen LogP contribution in [0.1, 0.15) is 25.8 Å². The number of nitriles is 2. The lowest BCUT2D eigenvalue weighted by Crippen LogP contribution is -2.15. The highest BCUT2D eigenvalue weighted by atomic mass is 16.5. The third-order valence-electron chi connectivity index (χ3n) is 2.72. The number of methoxy groups -OCH3 is 1. The predicted molar refractivity (Wildman–Crippen MR) is 70.2 cm³/mol. The molecule has 0 saturated carbocycles. The first-order valence-corrected chi connectivity index (χ1v) is 5.76. The first-order chi connectivity index (χ1) is 8.54. The van der Waals surface area contributed by atoms with Crippen LogP contribution in [0.3, 0.4) is 0 Å². The van der Waals surface area contributed by atoms with E-state index >= 15 is 0 Å². The van der Waals surface area contributed by atoms with Crippen LogP contribution in [-0.2, 0) is 0 Å². The normalized spacial score (nSPS) is 10.3. The van der Waals surface area contributed by atoms with Gasteiger partial charge >= 0.3 is 0 Å². The van der Waals surface area contributed by atoms with Crippen molar-refractivity contribution in [3.05, 3.63) is 23.8 Å². The molecular formula is C14H17N3O. The Morgan fingerprint density at radius 3 is 2.61 bits per heavy atom. The van der Waals surface area contributed by atoms with Crippen molar-refractivity contribution < 1.29 is 4.74 Å². The van der Waals surface area contributed by atoms with Gasteiger partial charge in [0.2, 0.25) is 0 Å². The quantitative estimate of drug-likeness (QED) is 0.863. The Bertz CT molecular complexity index is 495. The van der Waals surface area contributed by atoms with Crippen molar-refractivity contribution in [3.63, 3.8) is 0 Å². The van der Waals surface area contributed by atoms with Crippen LogP contribution in [-0.4, -0.2) is 13.7 Å². The zero-order valence-electron chi connectivity index (χ0n) is 10.9. The first kappa shape index (κ1) is 13.9. The fourth-order valence-corrected chi connectivity index (χ4v) is 1.53. The van der Waals surface area contributed by atoms with Crippen molar-refractivity contribution in [2.75, 3.05) is 19.0 Å². The number of hydrogen-bond donors (Lipinski definition) is 1. The maximum atomic E-state index is 9.05. The molecule has 0 aromatic heterocycles. The van der Waals surface area contributed by atoms with Gasteiger partial charge in [0, 0.05) is 6.54 Å². The molecule has 4 nitrogen and oxygen atoms in total. The van der Waals surface area contributed by atoms with Crippen LogP contribution in [0.15, 0.2) is 18.2 Å². The van der Waals surface area contributed by atoms with Crippen LogP contribution in [0.4, 0.5) is 5.69 Å². The number of ether oxygens (including phenoxy) is 1. The van der Waals surface area contributed by atoms with Gasteiger partial charge < -0.3 is 10.1 Å². The largest absolute Gasteiger partial charge is 0.495 e. The minimum absolute atomic E-state index is 0.373. The van der Waals surface area contributed by atoms with Gasteiger partial charge in [-0.3, -0.25) is 0 Å². The summed E-state index contributed by atoms with van der Waals surface area (Å²) in [6.45, 7) is 4.40. The van der Waals surface area contributed by atoms with E-state index < -0.39 is 0 Å². The number of benzene rings is 1. The third kappa shape index (κ3) is 3.40. The Morgan fingerprint density at radius 2 is 2.06 bits per heavy atom. The molecule has 4 heteroatoms. The van der Waals surface area contributed by atoms with Crippen molar-refractivity contribution >= 4 is 5.69 Å². The maximum absolute atomic E-state index is 9.05. The second kappa shape index (κ2) is 5.93. The average molecular weight is 243 g/mol. The summed E-state index contributed by atoms with van der Waals surface area (Å²) in [6.07, 6.45) is 0.701. The highest BCUT2D eigenvalue weighted by Gasteiger charge is 2.16. The molecule has 0 fully saturated rings. The SMILES string of the molecule is COc1cccc(C#N)c1NCCC(C)(C)C#N. The summed E-state index contributed by atoms with van der Waals surface area (Å²) >= 11 is 0. The number of nitrogens with zero attached hydrogens (tertiary/aromatic N) is 2.